The second-order valence-electron chi connectivity index (χ2n) is 4.27. The normalized spacial score (nSPS) is 15.1. The average Bonchev–Trinajstić information content (AvgIpc) is 2.80. The van der Waals surface area contributed by atoms with Gasteiger partial charge in [-0.25, -0.2) is 4.79 Å². The van der Waals surface area contributed by atoms with Crippen LogP contribution in [0.2, 0.25) is 0 Å². The van der Waals surface area contributed by atoms with Crippen LogP contribution in [-0.2, 0) is 15.1 Å². The summed E-state index contributed by atoms with van der Waals surface area (Å²) in [5.74, 6) is -1.52. The smallest absolute Gasteiger partial charge is 0.421 e. The molecule has 1 heterocycles. The van der Waals surface area contributed by atoms with Crippen LogP contribution in [0.4, 0.5) is 13.2 Å². The third kappa shape index (κ3) is 2.03. The van der Waals surface area contributed by atoms with Crippen molar-refractivity contribution in [1.29, 1.82) is 0 Å². The number of carbonyl (C=O) groups excluding carboxylic acids is 1. The van der Waals surface area contributed by atoms with Gasteiger partial charge in [0.1, 0.15) is 0 Å². The molecule has 1 aromatic carbocycles. The Labute approximate surface area is 112 Å². The molecule has 0 saturated carbocycles. The quantitative estimate of drug-likeness (QED) is 0.852. The van der Waals surface area contributed by atoms with E-state index in [9.17, 15) is 18.0 Å². The maximum absolute atomic E-state index is 13.3. The molecule has 0 radical (unpaired) electrons. The Morgan fingerprint density at radius 3 is 2.60 bits per heavy atom. The Hall–Kier alpha value is -2.02. The molecule has 1 aromatic heterocycles. The predicted molar refractivity (Wildman–Crippen MR) is 66.9 cm³/mol. The monoisotopic (exact) mass is 286 g/mol. The van der Waals surface area contributed by atoms with Crippen LogP contribution in [0.15, 0.2) is 30.5 Å². The summed E-state index contributed by atoms with van der Waals surface area (Å²) in [4.78, 5) is 14.4. The molecule has 0 aliphatic carbocycles. The van der Waals surface area contributed by atoms with Crippen molar-refractivity contribution in [3.05, 3.63) is 36.0 Å². The fourth-order valence-electron chi connectivity index (χ4n) is 2.02. The molecule has 0 bridgehead atoms. The van der Waals surface area contributed by atoms with Gasteiger partial charge in [0, 0.05) is 22.7 Å². The third-order valence-electron chi connectivity index (χ3n) is 3.06. The number of fused-ring (bicyclic) bond motifs is 1. The van der Waals surface area contributed by atoms with Crippen molar-refractivity contribution in [1.82, 2.24) is 4.98 Å². The van der Waals surface area contributed by atoms with E-state index >= 15 is 0 Å². The number of esters is 1. The van der Waals surface area contributed by atoms with Gasteiger partial charge in [0.15, 0.2) is 0 Å². The lowest BCUT2D eigenvalue weighted by molar-refractivity contribution is -0.208. The highest BCUT2D eigenvalue weighted by molar-refractivity contribution is 5.93. The van der Waals surface area contributed by atoms with Gasteiger partial charge in [-0.1, -0.05) is 18.2 Å². The highest BCUT2D eigenvalue weighted by Crippen LogP contribution is 2.40. The van der Waals surface area contributed by atoms with Crippen LogP contribution in [-0.4, -0.2) is 23.7 Å². The van der Waals surface area contributed by atoms with E-state index in [0.29, 0.717) is 5.52 Å². The maximum Gasteiger partial charge on any atom is 0.421 e. The Balaban J connectivity index is 2.66. The zero-order valence-electron chi connectivity index (χ0n) is 10.6. The van der Waals surface area contributed by atoms with Crippen LogP contribution in [0, 0.1) is 0 Å². The summed E-state index contributed by atoms with van der Waals surface area (Å²) in [5, 5.41) is 0.236. The molecule has 3 N–H and O–H groups in total. The van der Waals surface area contributed by atoms with Gasteiger partial charge < -0.3 is 15.5 Å². The van der Waals surface area contributed by atoms with Crippen molar-refractivity contribution >= 4 is 16.9 Å². The molecule has 20 heavy (non-hydrogen) atoms. The first-order valence-electron chi connectivity index (χ1n) is 5.91. The standard InChI is InChI=1S/C13H13F3N2O2/c1-2-20-11(19)12(17,13(14,15)16)9-7-18-10-6-4-3-5-8(9)10/h3-7,18H,2,17H2,1H3/t12-/m1/s1. The molecule has 0 saturated heterocycles. The first-order chi connectivity index (χ1) is 9.32. The summed E-state index contributed by atoms with van der Waals surface area (Å²) in [5.41, 5.74) is 2.34. The molecular weight excluding hydrogens is 273 g/mol. The summed E-state index contributed by atoms with van der Waals surface area (Å²) in [6.07, 6.45) is -3.88. The zero-order chi connectivity index (χ0) is 15.0. The molecule has 0 aliphatic rings. The second-order valence-corrected chi connectivity index (χ2v) is 4.27. The van der Waals surface area contributed by atoms with E-state index in [1.165, 1.54) is 13.0 Å². The summed E-state index contributed by atoms with van der Waals surface area (Å²) < 4.78 is 44.5. The third-order valence-corrected chi connectivity index (χ3v) is 3.06. The second kappa shape index (κ2) is 4.82. The van der Waals surface area contributed by atoms with Crippen molar-refractivity contribution in [2.24, 2.45) is 5.73 Å². The number of carbonyl (C=O) groups is 1. The van der Waals surface area contributed by atoms with Crippen molar-refractivity contribution in [2.45, 2.75) is 18.6 Å². The van der Waals surface area contributed by atoms with Crippen LogP contribution >= 0.6 is 0 Å². The van der Waals surface area contributed by atoms with Gasteiger partial charge in [-0.15, -0.1) is 0 Å². The molecule has 108 valence electrons. The van der Waals surface area contributed by atoms with Gasteiger partial charge >= 0.3 is 12.1 Å². The van der Waals surface area contributed by atoms with E-state index in [1.54, 1.807) is 18.2 Å². The minimum absolute atomic E-state index is 0.184. The lowest BCUT2D eigenvalue weighted by Crippen LogP contribution is -2.57. The predicted octanol–water partition coefficient (Wildman–Crippen LogP) is 2.45. The molecule has 0 amide bonds. The number of ether oxygens (including phenoxy) is 1. The average molecular weight is 286 g/mol. The van der Waals surface area contributed by atoms with Gasteiger partial charge in [-0.05, 0) is 13.0 Å². The Morgan fingerprint density at radius 1 is 1.35 bits per heavy atom. The molecule has 0 aliphatic heterocycles. The number of halogens is 3. The van der Waals surface area contributed by atoms with Crippen LogP contribution in [0.25, 0.3) is 10.9 Å². The number of nitrogens with one attached hydrogen (secondary N) is 1. The van der Waals surface area contributed by atoms with E-state index in [4.69, 9.17) is 5.73 Å². The van der Waals surface area contributed by atoms with E-state index in [0.717, 1.165) is 6.20 Å². The Kier molecular flexibility index (Phi) is 3.47. The van der Waals surface area contributed by atoms with Crippen molar-refractivity contribution in [3.63, 3.8) is 0 Å². The number of aromatic nitrogens is 1. The molecule has 2 rings (SSSR count). The van der Waals surface area contributed by atoms with Crippen molar-refractivity contribution < 1.29 is 22.7 Å². The van der Waals surface area contributed by atoms with Crippen LogP contribution in [0.3, 0.4) is 0 Å². The number of alkyl halides is 3. The van der Waals surface area contributed by atoms with E-state index in [1.807, 2.05) is 0 Å². The summed E-state index contributed by atoms with van der Waals surface area (Å²) >= 11 is 0. The van der Waals surface area contributed by atoms with E-state index in [-0.39, 0.29) is 17.6 Å². The number of hydrogen-bond acceptors (Lipinski definition) is 3. The summed E-state index contributed by atoms with van der Waals surface area (Å²) in [6.45, 7) is 1.24. The molecule has 4 nitrogen and oxygen atoms in total. The van der Waals surface area contributed by atoms with E-state index in [2.05, 4.69) is 9.72 Å². The number of benzene rings is 1. The molecule has 2 aromatic rings. The molecule has 0 fully saturated rings. The van der Waals surface area contributed by atoms with Crippen LogP contribution < -0.4 is 5.73 Å². The van der Waals surface area contributed by atoms with E-state index < -0.39 is 17.7 Å². The van der Waals surface area contributed by atoms with Gasteiger partial charge in [0.2, 0.25) is 5.54 Å². The largest absolute Gasteiger partial charge is 0.464 e. The Morgan fingerprint density at radius 2 is 2.00 bits per heavy atom. The number of aromatic amines is 1. The van der Waals surface area contributed by atoms with Crippen molar-refractivity contribution in [3.8, 4) is 0 Å². The zero-order valence-corrected chi connectivity index (χ0v) is 10.6. The highest BCUT2D eigenvalue weighted by Gasteiger charge is 2.61. The SMILES string of the molecule is CCOC(=O)[C@](N)(c1c[nH]c2ccccc12)C(F)(F)F. The van der Waals surface area contributed by atoms with Crippen LogP contribution in [0.5, 0.6) is 0 Å². The fourth-order valence-corrected chi connectivity index (χ4v) is 2.02. The molecule has 0 unspecified atom stereocenters. The Bertz CT molecular complexity index is 636. The summed E-state index contributed by atoms with van der Waals surface area (Å²) in [7, 11) is 0. The van der Waals surface area contributed by atoms with Gasteiger partial charge in [-0.3, -0.25) is 0 Å². The molecule has 7 heteroatoms. The number of nitrogens with two attached hydrogens (primary N) is 1. The summed E-state index contributed by atoms with van der Waals surface area (Å²) in [6, 6.07) is 6.30. The number of H-pyrrole nitrogens is 1. The highest BCUT2D eigenvalue weighted by atomic mass is 19.4. The van der Waals surface area contributed by atoms with Gasteiger partial charge in [0.25, 0.3) is 0 Å². The number of para-hydroxylation sites is 1. The number of rotatable bonds is 3. The van der Waals surface area contributed by atoms with Gasteiger partial charge in [-0.2, -0.15) is 13.2 Å². The lowest BCUT2D eigenvalue weighted by atomic mass is 9.90. The molecular formula is C13H13F3N2O2. The van der Waals surface area contributed by atoms with Gasteiger partial charge in [0.05, 0.1) is 6.61 Å². The minimum Gasteiger partial charge on any atom is -0.464 e. The minimum atomic E-state index is -4.97. The molecule has 1 atom stereocenters. The first kappa shape index (κ1) is 14.4. The first-order valence-corrected chi connectivity index (χ1v) is 5.91. The number of hydrogen-bond donors (Lipinski definition) is 2. The lowest BCUT2D eigenvalue weighted by Gasteiger charge is -2.29. The topological polar surface area (TPSA) is 68.1 Å². The van der Waals surface area contributed by atoms with Crippen molar-refractivity contribution in [2.75, 3.05) is 6.61 Å². The van der Waals surface area contributed by atoms with Crippen LogP contribution in [0.1, 0.15) is 12.5 Å². The maximum atomic E-state index is 13.3. The fraction of sp³-hybridized carbons (Fsp3) is 0.308. The molecule has 0 spiro atoms.